The molecular formula is C7H9NO2. The lowest BCUT2D eigenvalue weighted by atomic mass is 9.97. The lowest BCUT2D eigenvalue weighted by molar-refractivity contribution is -0.115. The zero-order chi connectivity index (χ0) is 7.14. The summed E-state index contributed by atoms with van der Waals surface area (Å²) < 4.78 is 0. The van der Waals surface area contributed by atoms with E-state index in [0.29, 0.717) is 5.71 Å². The summed E-state index contributed by atoms with van der Waals surface area (Å²) >= 11 is 0. The molecule has 54 valence electrons. The van der Waals surface area contributed by atoms with Gasteiger partial charge < -0.3 is 5.21 Å². The molecule has 2 saturated carbocycles. The van der Waals surface area contributed by atoms with Crippen LogP contribution in [0.1, 0.15) is 19.3 Å². The summed E-state index contributed by atoms with van der Waals surface area (Å²) in [5, 5.41) is 11.4. The Morgan fingerprint density at radius 3 is 2.50 bits per heavy atom. The van der Waals surface area contributed by atoms with Crippen LogP contribution < -0.4 is 0 Å². The van der Waals surface area contributed by atoms with E-state index in [2.05, 4.69) is 5.16 Å². The van der Waals surface area contributed by atoms with Gasteiger partial charge in [0.2, 0.25) is 0 Å². The second-order valence-corrected chi connectivity index (χ2v) is 3.06. The van der Waals surface area contributed by atoms with E-state index < -0.39 is 0 Å². The van der Waals surface area contributed by atoms with E-state index in [1.165, 1.54) is 0 Å². The van der Waals surface area contributed by atoms with E-state index in [0.717, 1.165) is 19.3 Å². The van der Waals surface area contributed by atoms with E-state index in [9.17, 15) is 4.79 Å². The molecule has 2 atom stereocenters. The molecule has 3 nitrogen and oxygen atoms in total. The lowest BCUT2D eigenvalue weighted by Crippen LogP contribution is -2.21. The van der Waals surface area contributed by atoms with Gasteiger partial charge >= 0.3 is 0 Å². The first-order valence-electron chi connectivity index (χ1n) is 3.59. The number of oxime groups is 1. The molecule has 10 heavy (non-hydrogen) atoms. The fourth-order valence-electron chi connectivity index (χ4n) is 2.01. The Kier molecular flexibility index (Phi) is 1.07. The first-order valence-corrected chi connectivity index (χ1v) is 3.59. The van der Waals surface area contributed by atoms with Crippen molar-refractivity contribution in [3.8, 4) is 0 Å². The molecule has 2 fully saturated rings. The Bertz CT molecular complexity index is 210. The third-order valence-electron chi connectivity index (χ3n) is 2.55. The summed E-state index contributed by atoms with van der Waals surface area (Å²) in [6.45, 7) is 0. The molecule has 2 bridgehead atoms. The molecular weight excluding hydrogens is 130 g/mol. The van der Waals surface area contributed by atoms with Crippen molar-refractivity contribution in [2.75, 3.05) is 0 Å². The predicted molar refractivity (Wildman–Crippen MR) is 35.1 cm³/mol. The highest BCUT2D eigenvalue weighted by Crippen LogP contribution is 2.40. The fourth-order valence-corrected chi connectivity index (χ4v) is 2.01. The van der Waals surface area contributed by atoms with Gasteiger partial charge in [-0.2, -0.15) is 0 Å². The van der Waals surface area contributed by atoms with Crippen LogP contribution in [0.4, 0.5) is 0 Å². The number of hydrogen-bond donors (Lipinski definition) is 1. The summed E-state index contributed by atoms with van der Waals surface area (Å²) in [7, 11) is 0. The van der Waals surface area contributed by atoms with E-state index >= 15 is 0 Å². The molecule has 2 aliphatic carbocycles. The van der Waals surface area contributed by atoms with Gasteiger partial charge in [0.1, 0.15) is 5.71 Å². The summed E-state index contributed by atoms with van der Waals surface area (Å²) in [6, 6.07) is 0. The van der Waals surface area contributed by atoms with Crippen LogP contribution >= 0.6 is 0 Å². The van der Waals surface area contributed by atoms with Gasteiger partial charge in [0.25, 0.3) is 0 Å². The van der Waals surface area contributed by atoms with Crippen LogP contribution in [0.2, 0.25) is 0 Å². The first-order chi connectivity index (χ1) is 4.83. The minimum absolute atomic E-state index is 0.0822. The van der Waals surface area contributed by atoms with E-state index in [4.69, 9.17) is 5.21 Å². The minimum Gasteiger partial charge on any atom is -0.411 e. The highest BCUT2D eigenvalue weighted by Gasteiger charge is 2.44. The minimum atomic E-state index is 0.0822. The second kappa shape index (κ2) is 1.81. The Morgan fingerprint density at radius 1 is 1.40 bits per heavy atom. The molecule has 1 N–H and O–H groups in total. The molecule has 2 unspecified atom stereocenters. The lowest BCUT2D eigenvalue weighted by Gasteiger charge is -2.07. The molecule has 0 aromatic carbocycles. The number of ketones is 1. The highest BCUT2D eigenvalue weighted by molar-refractivity contribution is 6.43. The van der Waals surface area contributed by atoms with Gasteiger partial charge in [0.05, 0.1) is 0 Å². The maximum absolute atomic E-state index is 11.1. The van der Waals surface area contributed by atoms with Crippen molar-refractivity contribution in [1.82, 2.24) is 0 Å². The molecule has 0 saturated heterocycles. The molecule has 3 heteroatoms. The Hall–Kier alpha value is -0.860. The van der Waals surface area contributed by atoms with Crippen LogP contribution in [0, 0.1) is 11.8 Å². The number of carbonyl (C=O) groups excluding carboxylic acids is 1. The number of carbonyl (C=O) groups is 1. The van der Waals surface area contributed by atoms with Crippen LogP contribution in [-0.4, -0.2) is 16.7 Å². The monoisotopic (exact) mass is 139 g/mol. The Morgan fingerprint density at radius 2 is 2.10 bits per heavy atom. The molecule has 0 amide bonds. The van der Waals surface area contributed by atoms with Crippen LogP contribution in [0.5, 0.6) is 0 Å². The molecule has 0 radical (unpaired) electrons. The van der Waals surface area contributed by atoms with Gasteiger partial charge in [-0.15, -0.1) is 0 Å². The van der Waals surface area contributed by atoms with Crippen molar-refractivity contribution < 1.29 is 10.0 Å². The maximum atomic E-state index is 11.1. The van der Waals surface area contributed by atoms with Crippen molar-refractivity contribution in [1.29, 1.82) is 0 Å². The van der Waals surface area contributed by atoms with E-state index in [1.807, 2.05) is 0 Å². The zero-order valence-corrected chi connectivity index (χ0v) is 5.58. The van der Waals surface area contributed by atoms with Gasteiger partial charge in [-0.1, -0.05) is 5.16 Å². The number of rotatable bonds is 0. The van der Waals surface area contributed by atoms with Crippen molar-refractivity contribution in [3.63, 3.8) is 0 Å². The number of hydrogen-bond acceptors (Lipinski definition) is 3. The average molecular weight is 139 g/mol. The van der Waals surface area contributed by atoms with Crippen LogP contribution in [0.15, 0.2) is 5.16 Å². The maximum Gasteiger partial charge on any atom is 0.183 e. The Balaban J connectivity index is 2.33. The largest absolute Gasteiger partial charge is 0.411 e. The second-order valence-electron chi connectivity index (χ2n) is 3.06. The fraction of sp³-hybridized carbons (Fsp3) is 0.714. The number of Topliss-reactive ketones (excluding diaryl/α,β-unsaturated/α-hetero) is 1. The van der Waals surface area contributed by atoms with Gasteiger partial charge in [0.15, 0.2) is 5.78 Å². The quantitative estimate of drug-likeness (QED) is 0.399. The van der Waals surface area contributed by atoms with Crippen molar-refractivity contribution in [2.24, 2.45) is 17.0 Å². The summed E-state index contributed by atoms with van der Waals surface area (Å²) in [5.74, 6) is 0.553. The molecule has 0 spiro atoms. The van der Waals surface area contributed by atoms with Gasteiger partial charge in [-0.05, 0) is 19.3 Å². The van der Waals surface area contributed by atoms with Crippen LogP contribution in [0.3, 0.4) is 0 Å². The van der Waals surface area contributed by atoms with Gasteiger partial charge in [-0.3, -0.25) is 4.79 Å². The third kappa shape index (κ3) is 0.549. The smallest absolute Gasteiger partial charge is 0.183 e. The van der Waals surface area contributed by atoms with Gasteiger partial charge in [0, 0.05) is 11.8 Å². The predicted octanol–water partition coefficient (Wildman–Crippen LogP) is 0.816. The molecule has 0 aliphatic heterocycles. The normalized spacial score (nSPS) is 41.6. The van der Waals surface area contributed by atoms with E-state index in [1.54, 1.807) is 0 Å². The summed E-state index contributed by atoms with van der Waals surface area (Å²) in [6.07, 6.45) is 2.97. The van der Waals surface area contributed by atoms with Crippen molar-refractivity contribution in [3.05, 3.63) is 0 Å². The van der Waals surface area contributed by atoms with Crippen molar-refractivity contribution >= 4 is 11.5 Å². The zero-order valence-electron chi connectivity index (χ0n) is 5.58. The van der Waals surface area contributed by atoms with Crippen LogP contribution in [0.25, 0.3) is 0 Å². The number of fused-ring (bicyclic) bond motifs is 2. The van der Waals surface area contributed by atoms with Gasteiger partial charge in [-0.25, -0.2) is 0 Å². The molecule has 2 aliphatic rings. The van der Waals surface area contributed by atoms with Crippen molar-refractivity contribution in [2.45, 2.75) is 19.3 Å². The Labute approximate surface area is 58.7 Å². The molecule has 0 aromatic rings. The first kappa shape index (κ1) is 5.89. The SMILES string of the molecule is O=C1/C(=N/O)C2CCC1C2. The summed E-state index contributed by atoms with van der Waals surface area (Å²) in [4.78, 5) is 11.1. The topological polar surface area (TPSA) is 49.7 Å². The average Bonchev–Trinajstić information content (AvgIpc) is 2.46. The number of nitrogens with zero attached hydrogens (tertiary/aromatic N) is 1. The molecule has 0 heterocycles. The highest BCUT2D eigenvalue weighted by atomic mass is 16.4. The molecule has 2 rings (SSSR count). The van der Waals surface area contributed by atoms with Crippen LogP contribution in [-0.2, 0) is 4.79 Å². The van der Waals surface area contributed by atoms with E-state index in [-0.39, 0.29) is 17.6 Å². The third-order valence-corrected chi connectivity index (χ3v) is 2.55. The summed E-state index contributed by atoms with van der Waals surface area (Å²) in [5.41, 5.74) is 0.427. The molecule has 0 aromatic heterocycles. The standard InChI is InChI=1S/C7H9NO2/c9-7-5-2-1-4(3-5)6(7)8-10/h4-5,10H,1-3H2/b8-6+.